The maximum Gasteiger partial charge on any atom is 0.305 e. The molecule has 6 nitrogen and oxygen atoms in total. The molecule has 7 heteroatoms. The second kappa shape index (κ2) is 15.5. The molecule has 0 radical (unpaired) electrons. The third kappa shape index (κ3) is 10.3. The number of hydrogen-bond acceptors (Lipinski definition) is 4. The number of aliphatic imine (C=N–C) groups is 1. The monoisotopic (exact) mass is 475 g/mol. The highest BCUT2D eigenvalue weighted by molar-refractivity contribution is 14.0. The Morgan fingerprint density at radius 2 is 2.04 bits per heavy atom. The predicted molar refractivity (Wildman–Crippen MR) is 116 cm³/mol. The van der Waals surface area contributed by atoms with E-state index in [2.05, 4.69) is 22.2 Å². The molecule has 0 heterocycles. The molecular formula is C19H30IN3O3. The highest BCUT2D eigenvalue weighted by atomic mass is 127. The molecule has 1 aromatic rings. The van der Waals surface area contributed by atoms with E-state index in [1.165, 1.54) is 0 Å². The zero-order chi connectivity index (χ0) is 18.3. The van der Waals surface area contributed by atoms with E-state index in [9.17, 15) is 4.79 Å². The van der Waals surface area contributed by atoms with E-state index in [1.807, 2.05) is 38.1 Å². The molecule has 0 saturated heterocycles. The van der Waals surface area contributed by atoms with Crippen LogP contribution in [-0.4, -0.2) is 38.2 Å². The molecule has 0 bridgehead atoms. The van der Waals surface area contributed by atoms with Gasteiger partial charge in [-0.1, -0.05) is 30.9 Å². The lowest BCUT2D eigenvalue weighted by molar-refractivity contribution is -0.143. The molecule has 26 heavy (non-hydrogen) atoms. The second-order valence-corrected chi connectivity index (χ2v) is 5.24. The fourth-order valence-corrected chi connectivity index (χ4v) is 2.10. The molecule has 0 aliphatic rings. The van der Waals surface area contributed by atoms with Gasteiger partial charge in [-0.05, 0) is 26.3 Å². The van der Waals surface area contributed by atoms with Crippen molar-refractivity contribution in [3.8, 4) is 5.75 Å². The van der Waals surface area contributed by atoms with Gasteiger partial charge in [0.2, 0.25) is 0 Å². The summed E-state index contributed by atoms with van der Waals surface area (Å²) in [7, 11) is 0. The van der Waals surface area contributed by atoms with E-state index < -0.39 is 0 Å². The quantitative estimate of drug-likeness (QED) is 0.128. The summed E-state index contributed by atoms with van der Waals surface area (Å²) in [6.07, 6.45) is 2.82. The van der Waals surface area contributed by atoms with Gasteiger partial charge in [0.15, 0.2) is 5.96 Å². The van der Waals surface area contributed by atoms with Crippen LogP contribution in [0.5, 0.6) is 5.75 Å². The van der Waals surface area contributed by atoms with Crippen molar-refractivity contribution in [3.63, 3.8) is 0 Å². The molecular weight excluding hydrogens is 445 g/mol. The third-order valence-corrected chi connectivity index (χ3v) is 3.24. The minimum Gasteiger partial charge on any atom is -0.489 e. The SMILES string of the molecule is C=CCOc1ccccc1CN=C(NCC)NCCCC(=O)OCC.I. The maximum absolute atomic E-state index is 11.3. The van der Waals surface area contributed by atoms with Crippen LogP contribution in [0.15, 0.2) is 41.9 Å². The molecule has 0 aliphatic carbocycles. The molecule has 0 saturated carbocycles. The van der Waals surface area contributed by atoms with Crippen molar-refractivity contribution >= 4 is 35.9 Å². The van der Waals surface area contributed by atoms with Gasteiger partial charge in [-0.3, -0.25) is 4.79 Å². The molecule has 2 N–H and O–H groups in total. The first-order valence-corrected chi connectivity index (χ1v) is 8.70. The first-order chi connectivity index (χ1) is 12.2. The maximum atomic E-state index is 11.3. The molecule has 0 aromatic heterocycles. The van der Waals surface area contributed by atoms with Gasteiger partial charge in [0, 0.05) is 25.1 Å². The Balaban J connectivity index is 0.00000625. The first kappa shape index (κ1) is 24.2. The van der Waals surface area contributed by atoms with Gasteiger partial charge >= 0.3 is 5.97 Å². The lowest BCUT2D eigenvalue weighted by Crippen LogP contribution is -2.37. The lowest BCUT2D eigenvalue weighted by atomic mass is 10.2. The van der Waals surface area contributed by atoms with E-state index in [0.717, 1.165) is 17.9 Å². The molecule has 1 aromatic carbocycles. The largest absolute Gasteiger partial charge is 0.489 e. The van der Waals surface area contributed by atoms with Crippen LogP contribution < -0.4 is 15.4 Å². The number of nitrogens with zero attached hydrogens (tertiary/aromatic N) is 1. The number of esters is 1. The molecule has 146 valence electrons. The minimum atomic E-state index is -0.167. The van der Waals surface area contributed by atoms with Crippen molar-refractivity contribution in [2.75, 3.05) is 26.3 Å². The fourth-order valence-electron chi connectivity index (χ4n) is 2.10. The Morgan fingerprint density at radius 3 is 2.73 bits per heavy atom. The number of rotatable bonds is 11. The number of benzene rings is 1. The van der Waals surface area contributed by atoms with Crippen LogP contribution in [0.1, 0.15) is 32.3 Å². The van der Waals surface area contributed by atoms with Gasteiger partial charge in [0.05, 0.1) is 13.2 Å². The van der Waals surface area contributed by atoms with Crippen LogP contribution in [0, 0.1) is 0 Å². The number of para-hydroxylation sites is 1. The smallest absolute Gasteiger partial charge is 0.305 e. The average molecular weight is 475 g/mol. The minimum absolute atomic E-state index is 0. The summed E-state index contributed by atoms with van der Waals surface area (Å²) < 4.78 is 10.6. The third-order valence-electron chi connectivity index (χ3n) is 3.24. The fraction of sp³-hybridized carbons (Fsp3) is 0.474. The zero-order valence-electron chi connectivity index (χ0n) is 15.6. The molecule has 0 atom stereocenters. The van der Waals surface area contributed by atoms with E-state index in [4.69, 9.17) is 9.47 Å². The normalized spacial score (nSPS) is 10.5. The van der Waals surface area contributed by atoms with Gasteiger partial charge in [-0.2, -0.15) is 0 Å². The number of hydrogen-bond donors (Lipinski definition) is 2. The highest BCUT2D eigenvalue weighted by Crippen LogP contribution is 2.18. The standard InChI is InChI=1S/C19H29N3O3.HI/c1-4-14-25-17-11-8-7-10-16(17)15-22-19(20-5-2)21-13-9-12-18(23)24-6-3;/h4,7-8,10-11H,1,5-6,9,12-15H2,2-3H3,(H2,20,21,22);1H. The molecule has 0 spiro atoms. The Kier molecular flexibility index (Phi) is 14.4. The van der Waals surface area contributed by atoms with Gasteiger partial charge in [0.1, 0.15) is 12.4 Å². The Labute approximate surface area is 173 Å². The summed E-state index contributed by atoms with van der Waals surface area (Å²) in [5.74, 6) is 1.36. The van der Waals surface area contributed by atoms with Crippen LogP contribution in [0.3, 0.4) is 0 Å². The number of ether oxygens (including phenoxy) is 2. The zero-order valence-corrected chi connectivity index (χ0v) is 18.0. The topological polar surface area (TPSA) is 72.0 Å². The highest BCUT2D eigenvalue weighted by Gasteiger charge is 2.04. The lowest BCUT2D eigenvalue weighted by Gasteiger charge is -2.12. The summed E-state index contributed by atoms with van der Waals surface area (Å²) in [6.45, 7) is 10.3. The Bertz CT molecular complexity index is 565. The van der Waals surface area contributed by atoms with Crippen LogP contribution in [0.2, 0.25) is 0 Å². The van der Waals surface area contributed by atoms with Gasteiger partial charge in [-0.15, -0.1) is 24.0 Å². The average Bonchev–Trinajstić information content (AvgIpc) is 2.62. The number of halogens is 1. The van der Waals surface area contributed by atoms with Crippen LogP contribution in [0.4, 0.5) is 0 Å². The predicted octanol–water partition coefficient (Wildman–Crippen LogP) is 3.27. The number of guanidine groups is 1. The summed E-state index contributed by atoms with van der Waals surface area (Å²) in [4.78, 5) is 15.9. The van der Waals surface area contributed by atoms with Crippen LogP contribution in [0.25, 0.3) is 0 Å². The van der Waals surface area contributed by atoms with Crippen molar-refractivity contribution < 1.29 is 14.3 Å². The molecule has 0 unspecified atom stereocenters. The summed E-state index contributed by atoms with van der Waals surface area (Å²) >= 11 is 0. The van der Waals surface area contributed by atoms with E-state index in [0.29, 0.717) is 45.1 Å². The van der Waals surface area contributed by atoms with Gasteiger partial charge in [-0.25, -0.2) is 4.99 Å². The Hall–Kier alpha value is -1.77. The van der Waals surface area contributed by atoms with Gasteiger partial charge < -0.3 is 20.1 Å². The number of carbonyl (C=O) groups excluding carboxylic acids is 1. The van der Waals surface area contributed by atoms with Crippen molar-refractivity contribution in [1.82, 2.24) is 10.6 Å². The van der Waals surface area contributed by atoms with Crippen LogP contribution >= 0.6 is 24.0 Å². The summed E-state index contributed by atoms with van der Waals surface area (Å²) in [5, 5.41) is 6.42. The van der Waals surface area contributed by atoms with Crippen molar-refractivity contribution in [3.05, 3.63) is 42.5 Å². The summed E-state index contributed by atoms with van der Waals surface area (Å²) in [5.41, 5.74) is 1.01. The second-order valence-electron chi connectivity index (χ2n) is 5.24. The van der Waals surface area contributed by atoms with Crippen molar-refractivity contribution in [1.29, 1.82) is 0 Å². The molecule has 0 amide bonds. The first-order valence-electron chi connectivity index (χ1n) is 8.70. The van der Waals surface area contributed by atoms with Crippen molar-refractivity contribution in [2.24, 2.45) is 4.99 Å². The Morgan fingerprint density at radius 1 is 1.27 bits per heavy atom. The number of carbonyl (C=O) groups is 1. The van der Waals surface area contributed by atoms with Crippen molar-refractivity contribution in [2.45, 2.75) is 33.2 Å². The van der Waals surface area contributed by atoms with Gasteiger partial charge in [0.25, 0.3) is 0 Å². The number of nitrogens with one attached hydrogen (secondary N) is 2. The molecule has 1 rings (SSSR count). The van der Waals surface area contributed by atoms with E-state index >= 15 is 0 Å². The van der Waals surface area contributed by atoms with E-state index in [-0.39, 0.29) is 29.9 Å². The molecule has 0 aliphatic heterocycles. The van der Waals surface area contributed by atoms with E-state index in [1.54, 1.807) is 6.08 Å². The molecule has 0 fully saturated rings. The van der Waals surface area contributed by atoms with Crippen LogP contribution in [-0.2, 0) is 16.1 Å². The summed E-state index contributed by atoms with van der Waals surface area (Å²) in [6, 6.07) is 7.82.